The van der Waals surface area contributed by atoms with Gasteiger partial charge in [0.05, 0.1) is 19.6 Å². The molecule has 1 saturated heterocycles. The first-order valence-corrected chi connectivity index (χ1v) is 9.98. The van der Waals surface area contributed by atoms with E-state index in [2.05, 4.69) is 22.5 Å². The molecule has 1 fully saturated rings. The number of benzene rings is 1. The van der Waals surface area contributed by atoms with E-state index < -0.39 is 0 Å². The number of hydrogen-bond donors (Lipinski definition) is 2. The summed E-state index contributed by atoms with van der Waals surface area (Å²) in [5, 5.41) is 6.20. The SMILES string of the molecule is CCCNC(=O)c1cccc(CN=C(NCC)N2CC(C)C(C(=O)OC)C2)c1. The summed E-state index contributed by atoms with van der Waals surface area (Å²) in [4.78, 5) is 31.0. The number of carbonyl (C=O) groups excluding carboxylic acids is 2. The van der Waals surface area contributed by atoms with Gasteiger partial charge < -0.3 is 20.3 Å². The molecule has 2 rings (SSSR count). The van der Waals surface area contributed by atoms with E-state index in [0.717, 1.165) is 31.0 Å². The zero-order valence-electron chi connectivity index (χ0n) is 17.3. The number of esters is 1. The van der Waals surface area contributed by atoms with Gasteiger partial charge in [0.25, 0.3) is 5.91 Å². The maximum absolute atomic E-state index is 12.2. The fourth-order valence-electron chi connectivity index (χ4n) is 3.34. The molecule has 7 heteroatoms. The van der Waals surface area contributed by atoms with Crippen LogP contribution in [0.5, 0.6) is 0 Å². The Kier molecular flexibility index (Phi) is 8.29. The second kappa shape index (κ2) is 10.7. The summed E-state index contributed by atoms with van der Waals surface area (Å²) < 4.78 is 4.92. The van der Waals surface area contributed by atoms with E-state index in [1.165, 1.54) is 7.11 Å². The number of carbonyl (C=O) groups is 2. The van der Waals surface area contributed by atoms with Crippen LogP contribution in [0.25, 0.3) is 0 Å². The molecule has 0 saturated carbocycles. The Labute approximate surface area is 167 Å². The van der Waals surface area contributed by atoms with E-state index >= 15 is 0 Å². The number of amides is 1. The minimum Gasteiger partial charge on any atom is -0.469 e. The van der Waals surface area contributed by atoms with Gasteiger partial charge in [-0.3, -0.25) is 9.59 Å². The van der Waals surface area contributed by atoms with Crippen LogP contribution in [0.4, 0.5) is 0 Å². The largest absolute Gasteiger partial charge is 0.469 e. The standard InChI is InChI=1S/C21H32N4O3/c1-5-10-23-19(26)17-9-7-8-16(11-17)12-24-21(22-6-2)25-13-15(3)18(14-25)20(27)28-4/h7-9,11,15,18H,5-6,10,12-14H2,1-4H3,(H,22,24)(H,23,26). The molecule has 7 nitrogen and oxygen atoms in total. The summed E-state index contributed by atoms with van der Waals surface area (Å²) in [5.41, 5.74) is 1.61. The number of likely N-dealkylation sites (tertiary alicyclic amines) is 1. The molecule has 154 valence electrons. The number of nitrogens with one attached hydrogen (secondary N) is 2. The molecule has 1 amide bonds. The number of ether oxygens (including phenoxy) is 1. The average Bonchev–Trinajstić information content (AvgIpc) is 3.10. The second-order valence-corrected chi connectivity index (χ2v) is 7.14. The zero-order valence-corrected chi connectivity index (χ0v) is 17.3. The predicted octanol–water partition coefficient (Wildman–Crippen LogP) is 2.03. The van der Waals surface area contributed by atoms with Crippen molar-refractivity contribution in [3.8, 4) is 0 Å². The van der Waals surface area contributed by atoms with E-state index in [-0.39, 0.29) is 23.7 Å². The van der Waals surface area contributed by atoms with Gasteiger partial charge in [0, 0.05) is 31.7 Å². The lowest BCUT2D eigenvalue weighted by Gasteiger charge is -2.21. The molecular formula is C21H32N4O3. The zero-order chi connectivity index (χ0) is 20.5. The van der Waals surface area contributed by atoms with Gasteiger partial charge in [0.15, 0.2) is 5.96 Å². The van der Waals surface area contributed by atoms with Crippen LogP contribution < -0.4 is 10.6 Å². The van der Waals surface area contributed by atoms with Crippen molar-refractivity contribution in [2.45, 2.75) is 33.7 Å². The van der Waals surface area contributed by atoms with Gasteiger partial charge in [-0.2, -0.15) is 0 Å². The Hall–Kier alpha value is -2.57. The molecule has 1 aliphatic heterocycles. The highest BCUT2D eigenvalue weighted by molar-refractivity contribution is 5.94. The van der Waals surface area contributed by atoms with Crippen LogP contribution in [0, 0.1) is 11.8 Å². The minimum atomic E-state index is -0.170. The highest BCUT2D eigenvalue weighted by Crippen LogP contribution is 2.24. The predicted molar refractivity (Wildman–Crippen MR) is 110 cm³/mol. The lowest BCUT2D eigenvalue weighted by molar-refractivity contribution is -0.145. The third-order valence-corrected chi connectivity index (χ3v) is 4.89. The molecule has 2 N–H and O–H groups in total. The van der Waals surface area contributed by atoms with Gasteiger partial charge >= 0.3 is 5.97 Å². The molecule has 1 heterocycles. The van der Waals surface area contributed by atoms with Crippen LogP contribution in [0.3, 0.4) is 0 Å². The molecule has 0 aromatic heterocycles. The second-order valence-electron chi connectivity index (χ2n) is 7.14. The summed E-state index contributed by atoms with van der Waals surface area (Å²) in [7, 11) is 1.43. The summed E-state index contributed by atoms with van der Waals surface area (Å²) >= 11 is 0. The molecule has 0 aliphatic carbocycles. The van der Waals surface area contributed by atoms with Gasteiger partial charge in [-0.1, -0.05) is 26.0 Å². The van der Waals surface area contributed by atoms with Crippen molar-refractivity contribution in [2.75, 3.05) is 33.3 Å². The smallest absolute Gasteiger partial charge is 0.310 e. The first-order valence-electron chi connectivity index (χ1n) is 9.98. The van der Waals surface area contributed by atoms with E-state index in [1.807, 2.05) is 38.1 Å². The molecule has 2 unspecified atom stereocenters. The highest BCUT2D eigenvalue weighted by atomic mass is 16.5. The Morgan fingerprint density at radius 3 is 2.71 bits per heavy atom. The topological polar surface area (TPSA) is 83.0 Å². The molecule has 0 radical (unpaired) electrons. The molecule has 1 aliphatic rings. The van der Waals surface area contributed by atoms with Crippen molar-refractivity contribution in [3.05, 3.63) is 35.4 Å². The van der Waals surface area contributed by atoms with Crippen molar-refractivity contribution < 1.29 is 14.3 Å². The Morgan fingerprint density at radius 1 is 1.25 bits per heavy atom. The van der Waals surface area contributed by atoms with Crippen LogP contribution in [-0.2, 0) is 16.1 Å². The number of aliphatic imine (C=N–C) groups is 1. The van der Waals surface area contributed by atoms with Crippen LogP contribution >= 0.6 is 0 Å². The first kappa shape index (κ1) is 21.7. The summed E-state index contributed by atoms with van der Waals surface area (Å²) in [6.07, 6.45) is 0.905. The molecule has 1 aromatic carbocycles. The summed E-state index contributed by atoms with van der Waals surface area (Å²) in [5.74, 6) is 0.619. The third kappa shape index (κ3) is 5.71. The van der Waals surface area contributed by atoms with Gasteiger partial charge in [0.2, 0.25) is 0 Å². The quantitative estimate of drug-likeness (QED) is 0.424. The lowest BCUT2D eigenvalue weighted by atomic mass is 9.99. The van der Waals surface area contributed by atoms with E-state index in [9.17, 15) is 9.59 Å². The van der Waals surface area contributed by atoms with Crippen molar-refractivity contribution in [2.24, 2.45) is 16.8 Å². The van der Waals surface area contributed by atoms with E-state index in [0.29, 0.717) is 25.2 Å². The molecular weight excluding hydrogens is 356 g/mol. The van der Waals surface area contributed by atoms with Crippen molar-refractivity contribution in [3.63, 3.8) is 0 Å². The number of rotatable bonds is 7. The van der Waals surface area contributed by atoms with Gasteiger partial charge in [-0.25, -0.2) is 4.99 Å². The van der Waals surface area contributed by atoms with Crippen LogP contribution in [-0.4, -0.2) is 56.0 Å². The maximum Gasteiger partial charge on any atom is 0.310 e. The van der Waals surface area contributed by atoms with E-state index in [4.69, 9.17) is 9.73 Å². The van der Waals surface area contributed by atoms with Crippen molar-refractivity contribution >= 4 is 17.8 Å². The third-order valence-electron chi connectivity index (χ3n) is 4.89. The fraction of sp³-hybridized carbons (Fsp3) is 0.571. The minimum absolute atomic E-state index is 0.0612. The number of methoxy groups -OCH3 is 1. The highest BCUT2D eigenvalue weighted by Gasteiger charge is 2.36. The van der Waals surface area contributed by atoms with Gasteiger partial charge in [-0.15, -0.1) is 0 Å². The molecule has 28 heavy (non-hydrogen) atoms. The first-order chi connectivity index (χ1) is 13.5. The van der Waals surface area contributed by atoms with Crippen LogP contribution in [0.15, 0.2) is 29.3 Å². The van der Waals surface area contributed by atoms with E-state index in [1.54, 1.807) is 0 Å². The van der Waals surface area contributed by atoms with Crippen molar-refractivity contribution in [1.29, 1.82) is 0 Å². The Morgan fingerprint density at radius 2 is 2.04 bits per heavy atom. The average molecular weight is 389 g/mol. The van der Waals surface area contributed by atoms with Gasteiger partial charge in [0.1, 0.15) is 0 Å². The number of hydrogen-bond acceptors (Lipinski definition) is 4. The molecule has 0 spiro atoms. The Balaban J connectivity index is 2.09. The maximum atomic E-state index is 12.2. The molecule has 1 aromatic rings. The molecule has 2 atom stereocenters. The number of nitrogens with zero attached hydrogens (tertiary/aromatic N) is 2. The fourth-order valence-corrected chi connectivity index (χ4v) is 3.34. The normalized spacial score (nSPS) is 19.4. The Bertz CT molecular complexity index is 705. The van der Waals surface area contributed by atoms with Crippen LogP contribution in [0.1, 0.15) is 43.1 Å². The van der Waals surface area contributed by atoms with Crippen LogP contribution in [0.2, 0.25) is 0 Å². The summed E-state index contributed by atoms with van der Waals surface area (Å²) in [6.45, 7) is 9.33. The summed E-state index contributed by atoms with van der Waals surface area (Å²) in [6, 6.07) is 7.53. The van der Waals surface area contributed by atoms with Crippen molar-refractivity contribution in [1.82, 2.24) is 15.5 Å². The number of guanidine groups is 1. The molecule has 0 bridgehead atoms. The lowest BCUT2D eigenvalue weighted by Crippen LogP contribution is -2.40. The van der Waals surface area contributed by atoms with Gasteiger partial charge in [-0.05, 0) is 37.0 Å². The monoisotopic (exact) mass is 388 g/mol.